The molecule has 0 unspecified atom stereocenters. The van der Waals surface area contributed by atoms with Gasteiger partial charge in [0.15, 0.2) is 5.78 Å². The van der Waals surface area contributed by atoms with E-state index >= 15 is 0 Å². The lowest BCUT2D eigenvalue weighted by molar-refractivity contribution is -0.131. The van der Waals surface area contributed by atoms with E-state index in [-0.39, 0.29) is 55.5 Å². The minimum absolute atomic E-state index is 0. The Hall–Kier alpha value is -2.84. The second-order valence-electron chi connectivity index (χ2n) is 10.3. The van der Waals surface area contributed by atoms with Crippen molar-refractivity contribution >= 4 is 31.1 Å². The number of hydrogen-bond acceptors (Lipinski definition) is 5. The third-order valence-corrected chi connectivity index (χ3v) is 6.86. The van der Waals surface area contributed by atoms with Crippen molar-refractivity contribution in [2.45, 2.75) is 69.6 Å². The van der Waals surface area contributed by atoms with Crippen LogP contribution in [0.4, 0.5) is 0 Å². The molecule has 8 heteroatoms. The molecule has 2 amide bonds. The molecule has 3 atom stereocenters. The quantitative estimate of drug-likeness (QED) is 0.568. The van der Waals surface area contributed by atoms with Gasteiger partial charge in [-0.1, -0.05) is 45.0 Å². The fourth-order valence-electron chi connectivity index (χ4n) is 4.78. The molecule has 2 aromatic rings. The summed E-state index contributed by atoms with van der Waals surface area (Å²) < 4.78 is 5.61. The van der Waals surface area contributed by atoms with Crippen LogP contribution < -0.4 is 10.6 Å². The van der Waals surface area contributed by atoms with Crippen LogP contribution in [0.15, 0.2) is 48.5 Å². The van der Waals surface area contributed by atoms with Gasteiger partial charge in [0, 0.05) is 12.0 Å². The molecule has 3 N–H and O–H groups in total. The number of carbonyl (C=O) groups is 3. The molecular formula is C27H34N2O5S. The third-order valence-electron chi connectivity index (χ3n) is 6.86. The van der Waals surface area contributed by atoms with Crippen LogP contribution >= 0.6 is 13.5 Å². The van der Waals surface area contributed by atoms with Crippen molar-refractivity contribution in [2.75, 3.05) is 6.61 Å². The van der Waals surface area contributed by atoms with E-state index in [1.807, 2.05) is 12.1 Å². The summed E-state index contributed by atoms with van der Waals surface area (Å²) in [6.45, 7) is 6.30. The summed E-state index contributed by atoms with van der Waals surface area (Å²) in [5.41, 5.74) is 1.28. The van der Waals surface area contributed by atoms with Crippen molar-refractivity contribution in [1.29, 1.82) is 0 Å². The van der Waals surface area contributed by atoms with Crippen LogP contribution in [0.25, 0.3) is 0 Å². The average Bonchev–Trinajstić information content (AvgIpc) is 3.33. The average molecular weight is 499 g/mol. The lowest BCUT2D eigenvalue weighted by Crippen LogP contribution is -2.60. The monoisotopic (exact) mass is 498 g/mol. The van der Waals surface area contributed by atoms with Gasteiger partial charge in [-0.05, 0) is 60.1 Å². The maximum Gasteiger partial charge on any atom is 0.251 e. The van der Waals surface area contributed by atoms with Gasteiger partial charge in [-0.25, -0.2) is 0 Å². The zero-order valence-electron chi connectivity index (χ0n) is 20.4. The second kappa shape index (κ2) is 10.4. The van der Waals surface area contributed by atoms with Gasteiger partial charge in [0.2, 0.25) is 5.91 Å². The van der Waals surface area contributed by atoms with Crippen molar-refractivity contribution in [2.24, 2.45) is 0 Å². The Morgan fingerprint density at radius 3 is 2.40 bits per heavy atom. The van der Waals surface area contributed by atoms with Crippen molar-refractivity contribution in [3.63, 3.8) is 0 Å². The van der Waals surface area contributed by atoms with E-state index in [0.717, 1.165) is 24.0 Å². The number of fused-ring (bicyclic) bond motifs is 1. The van der Waals surface area contributed by atoms with E-state index in [2.05, 4.69) is 31.4 Å². The number of Topliss-reactive ketones (excluding diaryl/α,β-unsaturated/α-hetero) is 1. The number of rotatable bonds is 6. The van der Waals surface area contributed by atoms with Gasteiger partial charge in [-0.2, -0.15) is 13.5 Å². The molecule has 1 aliphatic carbocycles. The van der Waals surface area contributed by atoms with Crippen LogP contribution in [0.1, 0.15) is 61.5 Å². The molecule has 1 heterocycles. The van der Waals surface area contributed by atoms with Crippen LogP contribution in [0.5, 0.6) is 5.75 Å². The predicted molar refractivity (Wildman–Crippen MR) is 138 cm³/mol. The van der Waals surface area contributed by atoms with Crippen molar-refractivity contribution in [1.82, 2.24) is 10.6 Å². The third kappa shape index (κ3) is 5.70. The normalized spacial score (nSPS) is 22.1. The van der Waals surface area contributed by atoms with Gasteiger partial charge in [-0.15, -0.1) is 0 Å². The lowest BCUT2D eigenvalue weighted by Gasteiger charge is -2.30. The molecule has 0 bridgehead atoms. The number of amides is 2. The highest BCUT2D eigenvalue weighted by molar-refractivity contribution is 7.59. The summed E-state index contributed by atoms with van der Waals surface area (Å²) >= 11 is 0. The Kier molecular flexibility index (Phi) is 7.97. The van der Waals surface area contributed by atoms with E-state index in [9.17, 15) is 19.5 Å². The van der Waals surface area contributed by atoms with Gasteiger partial charge in [0.05, 0.1) is 6.10 Å². The molecule has 4 rings (SSSR count). The van der Waals surface area contributed by atoms with Gasteiger partial charge in [0.25, 0.3) is 5.91 Å². The number of phenolic OH excluding ortho intramolecular Hbond substituents is 1. The Morgan fingerprint density at radius 1 is 1.11 bits per heavy atom. The Balaban J connectivity index is 0.00000342. The molecule has 2 fully saturated rings. The van der Waals surface area contributed by atoms with Crippen LogP contribution in [0.3, 0.4) is 0 Å². The number of nitrogens with one attached hydrogen (secondary N) is 2. The van der Waals surface area contributed by atoms with Crippen LogP contribution in [-0.2, 0) is 26.2 Å². The Labute approximate surface area is 213 Å². The summed E-state index contributed by atoms with van der Waals surface area (Å²) in [4.78, 5) is 39.1. The predicted octanol–water partition coefficient (Wildman–Crippen LogP) is 3.15. The fourth-order valence-corrected chi connectivity index (χ4v) is 4.78. The number of ether oxygens (including phenoxy) is 1. The van der Waals surface area contributed by atoms with Crippen LogP contribution in [0.2, 0.25) is 0 Å². The number of hydrogen-bond donors (Lipinski definition) is 3. The molecule has 0 radical (unpaired) electrons. The molecular weight excluding hydrogens is 464 g/mol. The lowest BCUT2D eigenvalue weighted by atomic mass is 9.86. The molecule has 2 aromatic carbocycles. The number of carbonyl (C=O) groups excluding carboxylic acids is 3. The zero-order valence-corrected chi connectivity index (χ0v) is 21.4. The maximum atomic E-state index is 13.4. The molecule has 1 saturated heterocycles. The minimum Gasteiger partial charge on any atom is -0.508 e. The highest BCUT2D eigenvalue weighted by Gasteiger charge is 2.55. The second-order valence-corrected chi connectivity index (χ2v) is 10.3. The summed E-state index contributed by atoms with van der Waals surface area (Å²) in [5.74, 6) is -0.780. The fraction of sp³-hybridized carbons (Fsp3) is 0.444. The van der Waals surface area contributed by atoms with Crippen LogP contribution in [0, 0.1) is 0 Å². The molecule has 1 aliphatic heterocycles. The Bertz CT molecular complexity index is 1080. The zero-order chi connectivity index (χ0) is 24.5. The first-order valence-corrected chi connectivity index (χ1v) is 11.7. The first-order valence-electron chi connectivity index (χ1n) is 11.7. The van der Waals surface area contributed by atoms with E-state index in [0.29, 0.717) is 12.0 Å². The number of phenols is 1. The van der Waals surface area contributed by atoms with E-state index in [1.165, 1.54) is 12.1 Å². The molecule has 7 nitrogen and oxygen atoms in total. The topological polar surface area (TPSA) is 105 Å². The number of benzene rings is 2. The molecule has 35 heavy (non-hydrogen) atoms. The number of aromatic hydroxyl groups is 1. The van der Waals surface area contributed by atoms with Crippen molar-refractivity contribution < 1.29 is 24.2 Å². The van der Waals surface area contributed by atoms with Gasteiger partial charge in [-0.3, -0.25) is 14.4 Å². The van der Waals surface area contributed by atoms with Gasteiger partial charge < -0.3 is 20.5 Å². The van der Waals surface area contributed by atoms with Gasteiger partial charge in [0.1, 0.15) is 23.9 Å². The van der Waals surface area contributed by atoms with Crippen molar-refractivity contribution in [3.05, 3.63) is 65.2 Å². The minimum atomic E-state index is -1.01. The van der Waals surface area contributed by atoms with Crippen molar-refractivity contribution in [3.8, 4) is 5.75 Å². The standard InChI is InChI=1S/C27H32N2O5.H2S/c1-26(2,3)19-10-8-18(9-11-19)24(32)28-21(15-17-6-12-20(30)13-7-17)25(33)29-27-14-4-5-23(27)34-16-22(27)31;/h6-13,21,23,30H,4-5,14-16H2,1-3H3,(H,28,32)(H,29,33);1H2/t21-,23+,27-;/m0./s1. The summed E-state index contributed by atoms with van der Waals surface area (Å²) in [7, 11) is 0. The van der Waals surface area contributed by atoms with E-state index in [1.54, 1.807) is 24.3 Å². The first-order chi connectivity index (χ1) is 16.1. The molecule has 188 valence electrons. The smallest absolute Gasteiger partial charge is 0.251 e. The SMILES string of the molecule is CC(C)(C)c1ccc(C(=O)N[C@@H](Cc2ccc(O)cc2)C(=O)N[C@]23CCC[C@H]2OCC3=O)cc1.S. The van der Waals surface area contributed by atoms with E-state index < -0.39 is 17.5 Å². The summed E-state index contributed by atoms with van der Waals surface area (Å²) in [6, 6.07) is 12.9. The largest absolute Gasteiger partial charge is 0.508 e. The van der Waals surface area contributed by atoms with Gasteiger partial charge >= 0.3 is 0 Å². The van der Waals surface area contributed by atoms with Crippen LogP contribution in [-0.4, -0.2) is 47.0 Å². The maximum absolute atomic E-state index is 13.4. The van der Waals surface area contributed by atoms with E-state index in [4.69, 9.17) is 4.74 Å². The molecule has 1 saturated carbocycles. The Morgan fingerprint density at radius 2 is 1.77 bits per heavy atom. The molecule has 0 spiro atoms. The highest BCUT2D eigenvalue weighted by Crippen LogP contribution is 2.38. The molecule has 0 aromatic heterocycles. The number of ketones is 1. The first kappa shape index (κ1) is 26.8. The summed E-state index contributed by atoms with van der Waals surface area (Å²) in [5, 5.41) is 15.4. The molecule has 2 aliphatic rings. The summed E-state index contributed by atoms with van der Waals surface area (Å²) in [6.07, 6.45) is 1.95. The highest BCUT2D eigenvalue weighted by atomic mass is 32.1.